The minimum atomic E-state index is -0.319. The zero-order valence-corrected chi connectivity index (χ0v) is 17.2. The lowest BCUT2D eigenvalue weighted by molar-refractivity contribution is -0.131. The molecule has 1 fully saturated rings. The number of hydrogen-bond acceptors (Lipinski definition) is 5. The number of hydrogen-bond donors (Lipinski definition) is 0. The van der Waals surface area contributed by atoms with Gasteiger partial charge in [-0.2, -0.15) is 0 Å². The van der Waals surface area contributed by atoms with E-state index in [4.69, 9.17) is 16.3 Å². The number of amides is 1. The Labute approximate surface area is 167 Å². The number of ether oxygens (including phenoxy) is 1. The second-order valence-corrected chi connectivity index (χ2v) is 8.40. The number of likely N-dealkylation sites (tertiary alicyclic amines) is 1. The van der Waals surface area contributed by atoms with Gasteiger partial charge in [-0.25, -0.2) is 4.98 Å². The van der Waals surface area contributed by atoms with Crippen LogP contribution in [0.25, 0.3) is 10.9 Å². The van der Waals surface area contributed by atoms with Gasteiger partial charge >= 0.3 is 0 Å². The van der Waals surface area contributed by atoms with Crippen molar-refractivity contribution in [3.05, 3.63) is 33.6 Å². The average Bonchev–Trinajstić information content (AvgIpc) is 2.67. The van der Waals surface area contributed by atoms with E-state index in [9.17, 15) is 9.59 Å². The molecule has 1 amide bonds. The summed E-state index contributed by atoms with van der Waals surface area (Å²) < 4.78 is 6.73. The summed E-state index contributed by atoms with van der Waals surface area (Å²) in [5.74, 6) is 0.0958. The van der Waals surface area contributed by atoms with Crippen LogP contribution < -0.4 is 5.56 Å². The number of nitrogens with zero attached hydrogens (tertiary/aromatic N) is 3. The lowest BCUT2D eigenvalue weighted by Gasteiger charge is -2.29. The van der Waals surface area contributed by atoms with Gasteiger partial charge in [0, 0.05) is 25.2 Å². The zero-order chi connectivity index (χ0) is 19.4. The maximum Gasteiger partial charge on any atom is 0.262 e. The third kappa shape index (κ3) is 4.65. The number of halogens is 1. The van der Waals surface area contributed by atoms with Crippen LogP contribution in [0.4, 0.5) is 0 Å². The van der Waals surface area contributed by atoms with Crippen molar-refractivity contribution < 1.29 is 9.53 Å². The molecule has 3 rings (SSSR count). The van der Waals surface area contributed by atoms with Crippen molar-refractivity contribution in [2.24, 2.45) is 0 Å². The van der Waals surface area contributed by atoms with E-state index in [2.05, 4.69) is 4.98 Å². The molecule has 2 aromatic rings. The van der Waals surface area contributed by atoms with Crippen molar-refractivity contribution in [3.8, 4) is 0 Å². The van der Waals surface area contributed by atoms with E-state index in [0.717, 1.165) is 25.9 Å². The van der Waals surface area contributed by atoms with Gasteiger partial charge in [0.15, 0.2) is 5.16 Å². The quantitative estimate of drug-likeness (QED) is 0.541. The van der Waals surface area contributed by atoms with Crippen molar-refractivity contribution in [2.45, 2.75) is 43.1 Å². The number of rotatable bonds is 6. The Morgan fingerprint density at radius 2 is 2.07 bits per heavy atom. The van der Waals surface area contributed by atoms with Crippen molar-refractivity contribution in [1.82, 2.24) is 14.5 Å². The summed E-state index contributed by atoms with van der Waals surface area (Å²) in [6, 6.07) is 5.05. The van der Waals surface area contributed by atoms with E-state index in [1.54, 1.807) is 29.9 Å². The van der Waals surface area contributed by atoms with Crippen LogP contribution >= 0.6 is 23.4 Å². The van der Waals surface area contributed by atoms with Gasteiger partial charge in [0.05, 0.1) is 29.3 Å². The Hall–Kier alpha value is -1.57. The predicted molar refractivity (Wildman–Crippen MR) is 109 cm³/mol. The first-order chi connectivity index (χ1) is 13.0. The number of carbonyl (C=O) groups is 1. The molecule has 0 bridgehead atoms. The fourth-order valence-corrected chi connectivity index (χ4v) is 4.41. The number of piperidine rings is 1. The molecule has 1 unspecified atom stereocenters. The second-order valence-electron chi connectivity index (χ2n) is 6.65. The van der Waals surface area contributed by atoms with E-state index in [0.29, 0.717) is 34.2 Å². The molecule has 8 heteroatoms. The van der Waals surface area contributed by atoms with Crippen LogP contribution in [-0.2, 0) is 16.1 Å². The van der Waals surface area contributed by atoms with Gasteiger partial charge in [0.2, 0.25) is 5.91 Å². The number of carbonyl (C=O) groups excluding carboxylic acids is 1. The van der Waals surface area contributed by atoms with E-state index in [-0.39, 0.29) is 16.7 Å². The highest BCUT2D eigenvalue weighted by Gasteiger charge is 2.25. The van der Waals surface area contributed by atoms with Crippen LogP contribution in [0.3, 0.4) is 0 Å². The van der Waals surface area contributed by atoms with Gasteiger partial charge in [-0.3, -0.25) is 14.2 Å². The highest BCUT2D eigenvalue weighted by molar-refractivity contribution is 8.00. The summed E-state index contributed by atoms with van der Waals surface area (Å²) in [4.78, 5) is 32.3. The van der Waals surface area contributed by atoms with Crippen LogP contribution in [0.2, 0.25) is 5.02 Å². The van der Waals surface area contributed by atoms with Crippen LogP contribution in [0.15, 0.2) is 28.2 Å². The first-order valence-electron chi connectivity index (χ1n) is 9.15. The number of aromatic nitrogens is 2. The molecular weight excluding hydrogens is 386 g/mol. The number of methoxy groups -OCH3 is 1. The summed E-state index contributed by atoms with van der Waals surface area (Å²) >= 11 is 7.39. The Kier molecular flexibility index (Phi) is 6.78. The molecule has 1 atom stereocenters. The highest BCUT2D eigenvalue weighted by atomic mass is 35.5. The Bertz CT molecular complexity index is 880. The molecular formula is C19H24ClN3O3S. The number of benzene rings is 1. The third-order valence-corrected chi connectivity index (χ3v) is 6.01. The van der Waals surface area contributed by atoms with Crippen LogP contribution in [-0.4, -0.2) is 52.4 Å². The molecule has 1 saturated heterocycles. The second kappa shape index (κ2) is 9.08. The van der Waals surface area contributed by atoms with E-state index in [1.807, 2.05) is 11.8 Å². The molecule has 1 aromatic heterocycles. The molecule has 1 aliphatic heterocycles. The molecule has 27 heavy (non-hydrogen) atoms. The Balaban J connectivity index is 1.93. The topological polar surface area (TPSA) is 64.4 Å². The van der Waals surface area contributed by atoms with Crippen molar-refractivity contribution in [2.75, 3.05) is 26.8 Å². The number of fused-ring (bicyclic) bond motifs is 1. The molecule has 1 aliphatic rings. The Morgan fingerprint density at radius 1 is 1.33 bits per heavy atom. The van der Waals surface area contributed by atoms with E-state index < -0.39 is 0 Å². The molecule has 0 aliphatic carbocycles. The normalized spacial score (nSPS) is 15.9. The molecule has 0 spiro atoms. The van der Waals surface area contributed by atoms with Gasteiger partial charge in [-0.15, -0.1) is 0 Å². The van der Waals surface area contributed by atoms with Crippen LogP contribution in [0.1, 0.15) is 26.2 Å². The van der Waals surface area contributed by atoms with Gasteiger partial charge in [-0.05, 0) is 44.4 Å². The maximum atomic E-state index is 12.9. The van der Waals surface area contributed by atoms with Crippen molar-refractivity contribution in [3.63, 3.8) is 0 Å². The highest BCUT2D eigenvalue weighted by Crippen LogP contribution is 2.26. The largest absolute Gasteiger partial charge is 0.383 e. The lowest BCUT2D eigenvalue weighted by Crippen LogP contribution is -2.40. The van der Waals surface area contributed by atoms with Crippen LogP contribution in [0.5, 0.6) is 0 Å². The average molecular weight is 410 g/mol. The molecule has 6 nitrogen and oxygen atoms in total. The minimum absolute atomic E-state index is 0.0958. The molecule has 2 heterocycles. The first-order valence-corrected chi connectivity index (χ1v) is 10.4. The summed E-state index contributed by atoms with van der Waals surface area (Å²) in [5.41, 5.74) is 0.398. The minimum Gasteiger partial charge on any atom is -0.383 e. The summed E-state index contributed by atoms with van der Waals surface area (Å²) in [6.07, 6.45) is 3.28. The summed E-state index contributed by atoms with van der Waals surface area (Å²) in [5, 5.41) is 1.23. The molecule has 1 aromatic carbocycles. The fraction of sp³-hybridized carbons (Fsp3) is 0.526. The fourth-order valence-electron chi connectivity index (χ4n) is 3.22. The summed E-state index contributed by atoms with van der Waals surface area (Å²) in [6.45, 7) is 4.26. The lowest BCUT2D eigenvalue weighted by atomic mass is 10.1. The zero-order valence-electron chi connectivity index (χ0n) is 15.6. The van der Waals surface area contributed by atoms with Gasteiger partial charge < -0.3 is 9.64 Å². The summed E-state index contributed by atoms with van der Waals surface area (Å²) in [7, 11) is 1.59. The van der Waals surface area contributed by atoms with E-state index in [1.165, 1.54) is 18.2 Å². The van der Waals surface area contributed by atoms with Gasteiger partial charge in [0.25, 0.3) is 5.56 Å². The van der Waals surface area contributed by atoms with Crippen LogP contribution in [0, 0.1) is 0 Å². The molecule has 0 N–H and O–H groups in total. The Morgan fingerprint density at radius 3 is 2.78 bits per heavy atom. The molecule has 0 radical (unpaired) electrons. The van der Waals surface area contributed by atoms with Crippen molar-refractivity contribution in [1.29, 1.82) is 0 Å². The SMILES string of the molecule is COCCn1c(SC(C)C(=O)N2CCCCC2)nc2cc(Cl)ccc2c1=O. The standard InChI is InChI=1S/C19H24ClN3O3S/c1-13(17(24)22-8-4-3-5-9-22)27-19-21-16-12-14(20)6-7-15(16)18(25)23(19)10-11-26-2/h6-7,12-13H,3-5,8-11H2,1-2H3. The van der Waals surface area contributed by atoms with E-state index >= 15 is 0 Å². The first kappa shape index (κ1) is 20.2. The smallest absolute Gasteiger partial charge is 0.262 e. The maximum absolute atomic E-state index is 12.9. The van der Waals surface area contributed by atoms with Gasteiger partial charge in [-0.1, -0.05) is 23.4 Å². The van der Waals surface area contributed by atoms with Gasteiger partial charge in [0.1, 0.15) is 0 Å². The third-order valence-electron chi connectivity index (χ3n) is 4.70. The van der Waals surface area contributed by atoms with Crippen molar-refractivity contribution >= 4 is 40.2 Å². The monoisotopic (exact) mass is 409 g/mol. The predicted octanol–water partition coefficient (Wildman–Crippen LogP) is 3.19. The number of thioether (sulfide) groups is 1. The molecule has 146 valence electrons. The molecule has 0 saturated carbocycles.